The van der Waals surface area contributed by atoms with Crippen molar-refractivity contribution in [2.24, 2.45) is 0 Å². The highest BCUT2D eigenvalue weighted by Crippen LogP contribution is 2.34. The first-order chi connectivity index (χ1) is 14.5. The topological polar surface area (TPSA) is 101 Å². The number of amides is 1. The van der Waals surface area contributed by atoms with Crippen molar-refractivity contribution in [1.29, 1.82) is 0 Å². The lowest BCUT2D eigenvalue weighted by Gasteiger charge is -2.16. The predicted molar refractivity (Wildman–Crippen MR) is 96.9 cm³/mol. The number of hydrogen-bond donors (Lipinski definition) is 1. The summed E-state index contributed by atoms with van der Waals surface area (Å²) in [5.74, 6) is -3.93. The summed E-state index contributed by atoms with van der Waals surface area (Å²) in [6.07, 6.45) is 1.13. The van der Waals surface area contributed by atoms with Crippen molar-refractivity contribution in [2.45, 2.75) is 12.5 Å². The number of aromatic nitrogens is 4. The Morgan fingerprint density at radius 1 is 1.17 bits per heavy atom. The van der Waals surface area contributed by atoms with Gasteiger partial charge >= 0.3 is 6.09 Å². The van der Waals surface area contributed by atoms with Gasteiger partial charge in [-0.1, -0.05) is 6.07 Å². The second kappa shape index (κ2) is 8.03. The number of aliphatic hydroxyl groups excluding tert-OH is 1. The van der Waals surface area contributed by atoms with E-state index >= 15 is 0 Å². The summed E-state index contributed by atoms with van der Waals surface area (Å²) in [6.45, 7) is -0.714. The highest BCUT2D eigenvalue weighted by atomic mass is 19.2. The van der Waals surface area contributed by atoms with Crippen LogP contribution in [-0.2, 0) is 11.2 Å². The number of benzene rings is 1. The predicted octanol–water partition coefficient (Wildman–Crippen LogP) is 2.26. The Hall–Kier alpha value is -3.60. The molecular formula is C19H14F3N5O3. The van der Waals surface area contributed by atoms with E-state index in [2.05, 4.69) is 20.4 Å². The monoisotopic (exact) mass is 417 g/mol. The largest absolute Gasteiger partial charge is 0.441 e. The third kappa shape index (κ3) is 3.66. The number of nitrogens with zero attached hydrogens (tertiary/aromatic N) is 5. The number of aliphatic hydroxyl groups is 1. The van der Waals surface area contributed by atoms with Crippen molar-refractivity contribution in [3.8, 4) is 11.1 Å². The van der Waals surface area contributed by atoms with Gasteiger partial charge in [-0.05, 0) is 17.3 Å². The first kappa shape index (κ1) is 19.7. The summed E-state index contributed by atoms with van der Waals surface area (Å²) in [7, 11) is 0. The van der Waals surface area contributed by atoms with Crippen LogP contribution in [0.2, 0.25) is 0 Å². The molecule has 3 heterocycles. The van der Waals surface area contributed by atoms with E-state index in [0.29, 0.717) is 17.8 Å². The SMILES string of the molecule is O=C1O[C@@H](CO)CN1c1cc(F)c(-c2ccc(Cc3ccnnn3)nc2)c(F)c1F. The average Bonchev–Trinajstić information content (AvgIpc) is 3.13. The Kier molecular flexibility index (Phi) is 5.27. The van der Waals surface area contributed by atoms with Crippen LogP contribution in [0.4, 0.5) is 23.7 Å². The van der Waals surface area contributed by atoms with Crippen LogP contribution in [0.25, 0.3) is 11.1 Å². The van der Waals surface area contributed by atoms with Gasteiger partial charge in [-0.15, -0.1) is 10.2 Å². The molecule has 1 fully saturated rings. The van der Waals surface area contributed by atoms with Crippen LogP contribution in [0.3, 0.4) is 0 Å². The first-order valence-corrected chi connectivity index (χ1v) is 8.83. The number of carbonyl (C=O) groups excluding carboxylic acids is 1. The zero-order chi connectivity index (χ0) is 21.3. The van der Waals surface area contributed by atoms with Gasteiger partial charge in [0.1, 0.15) is 11.9 Å². The van der Waals surface area contributed by atoms with Crippen molar-refractivity contribution in [3.05, 3.63) is 65.5 Å². The molecule has 8 nitrogen and oxygen atoms in total. The van der Waals surface area contributed by atoms with Crippen molar-refractivity contribution in [1.82, 2.24) is 20.4 Å². The number of ether oxygens (including phenoxy) is 1. The Bertz CT molecular complexity index is 1080. The molecule has 0 radical (unpaired) electrons. The summed E-state index contributed by atoms with van der Waals surface area (Å²) in [6, 6.07) is 5.31. The number of rotatable bonds is 5. The van der Waals surface area contributed by atoms with Gasteiger partial charge in [0.15, 0.2) is 11.6 Å². The van der Waals surface area contributed by atoms with Gasteiger partial charge in [-0.3, -0.25) is 9.88 Å². The molecule has 1 aromatic carbocycles. The molecule has 30 heavy (non-hydrogen) atoms. The molecule has 1 amide bonds. The van der Waals surface area contributed by atoms with E-state index in [1.165, 1.54) is 24.5 Å². The van der Waals surface area contributed by atoms with Gasteiger partial charge in [0.25, 0.3) is 0 Å². The maximum Gasteiger partial charge on any atom is 0.414 e. The summed E-state index contributed by atoms with van der Waals surface area (Å²) in [4.78, 5) is 16.7. The van der Waals surface area contributed by atoms with Gasteiger partial charge in [0.05, 0.1) is 36.3 Å². The maximum atomic E-state index is 14.7. The van der Waals surface area contributed by atoms with E-state index in [4.69, 9.17) is 9.84 Å². The van der Waals surface area contributed by atoms with Crippen LogP contribution in [0.15, 0.2) is 36.7 Å². The third-order valence-electron chi connectivity index (χ3n) is 4.54. The van der Waals surface area contributed by atoms with Gasteiger partial charge in [0.2, 0.25) is 0 Å². The summed E-state index contributed by atoms with van der Waals surface area (Å²) < 4.78 is 48.9. The number of pyridine rings is 1. The summed E-state index contributed by atoms with van der Waals surface area (Å²) >= 11 is 0. The molecule has 4 rings (SSSR count). The maximum absolute atomic E-state index is 14.7. The Labute approximate surface area is 168 Å². The molecular weight excluding hydrogens is 403 g/mol. The Balaban J connectivity index is 1.63. The minimum Gasteiger partial charge on any atom is -0.441 e. The molecule has 0 unspecified atom stereocenters. The lowest BCUT2D eigenvalue weighted by Crippen LogP contribution is -2.27. The fourth-order valence-corrected chi connectivity index (χ4v) is 3.08. The first-order valence-electron chi connectivity index (χ1n) is 8.83. The lowest BCUT2D eigenvalue weighted by molar-refractivity contribution is 0.0963. The molecule has 3 aromatic rings. The highest BCUT2D eigenvalue weighted by molar-refractivity contribution is 5.90. The van der Waals surface area contributed by atoms with Crippen molar-refractivity contribution in [2.75, 3.05) is 18.1 Å². The zero-order valence-corrected chi connectivity index (χ0v) is 15.3. The Morgan fingerprint density at radius 3 is 2.63 bits per heavy atom. The number of cyclic esters (lactones) is 1. The molecule has 1 N–H and O–H groups in total. The van der Waals surface area contributed by atoms with Crippen LogP contribution >= 0.6 is 0 Å². The third-order valence-corrected chi connectivity index (χ3v) is 4.54. The molecule has 1 aliphatic rings. The quantitative estimate of drug-likeness (QED) is 0.636. The lowest BCUT2D eigenvalue weighted by atomic mass is 10.0. The second-order valence-corrected chi connectivity index (χ2v) is 6.51. The van der Waals surface area contributed by atoms with Gasteiger partial charge in [-0.25, -0.2) is 18.0 Å². The van der Waals surface area contributed by atoms with Crippen molar-refractivity contribution in [3.63, 3.8) is 0 Å². The molecule has 1 saturated heterocycles. The fraction of sp³-hybridized carbons (Fsp3) is 0.211. The van der Waals surface area contributed by atoms with Crippen LogP contribution in [-0.4, -0.2) is 50.9 Å². The summed E-state index contributed by atoms with van der Waals surface area (Å²) in [5, 5.41) is 20.0. The molecule has 1 atom stereocenters. The van der Waals surface area contributed by atoms with E-state index in [0.717, 1.165) is 11.0 Å². The van der Waals surface area contributed by atoms with Crippen molar-refractivity contribution >= 4 is 11.8 Å². The van der Waals surface area contributed by atoms with Crippen LogP contribution in [0, 0.1) is 17.5 Å². The van der Waals surface area contributed by atoms with E-state index in [1.807, 2.05) is 0 Å². The van der Waals surface area contributed by atoms with E-state index in [9.17, 15) is 18.0 Å². The highest BCUT2D eigenvalue weighted by Gasteiger charge is 2.35. The number of carbonyl (C=O) groups is 1. The Morgan fingerprint density at radius 2 is 2.00 bits per heavy atom. The van der Waals surface area contributed by atoms with E-state index in [-0.39, 0.29) is 12.1 Å². The van der Waals surface area contributed by atoms with Gasteiger partial charge < -0.3 is 9.84 Å². The average molecular weight is 417 g/mol. The van der Waals surface area contributed by atoms with Crippen LogP contribution < -0.4 is 4.90 Å². The number of hydrogen-bond acceptors (Lipinski definition) is 7. The molecule has 0 aliphatic carbocycles. The van der Waals surface area contributed by atoms with Crippen LogP contribution in [0.5, 0.6) is 0 Å². The minimum absolute atomic E-state index is 0.0252. The molecule has 1 aliphatic heterocycles. The smallest absolute Gasteiger partial charge is 0.414 e. The van der Waals surface area contributed by atoms with Gasteiger partial charge in [0, 0.05) is 29.9 Å². The minimum atomic E-state index is -1.46. The number of halogens is 3. The van der Waals surface area contributed by atoms with E-state index in [1.54, 1.807) is 6.07 Å². The second-order valence-electron chi connectivity index (χ2n) is 6.51. The standard InChI is InChI=1S/C19H14F3N5O3/c20-14-6-15(27-8-13(9-28)30-19(27)29)17(21)18(22)16(14)10-1-2-11(23-7-10)5-12-3-4-24-26-25-12/h1-4,6-7,13,28H,5,8-9H2/t13-/m1/s1. The van der Waals surface area contributed by atoms with Gasteiger partial charge in [-0.2, -0.15) is 0 Å². The zero-order valence-electron chi connectivity index (χ0n) is 15.3. The molecule has 0 bridgehead atoms. The molecule has 11 heteroatoms. The van der Waals surface area contributed by atoms with Crippen molar-refractivity contribution < 1.29 is 27.8 Å². The normalized spacial score (nSPS) is 16.1. The fourth-order valence-electron chi connectivity index (χ4n) is 3.08. The molecule has 2 aromatic heterocycles. The van der Waals surface area contributed by atoms with E-state index < -0.39 is 47.5 Å². The molecule has 0 spiro atoms. The van der Waals surface area contributed by atoms with Crippen LogP contribution in [0.1, 0.15) is 11.4 Å². The molecule has 154 valence electrons. The molecule has 0 saturated carbocycles. The summed E-state index contributed by atoms with van der Waals surface area (Å²) in [5.41, 5.74) is -0.0123. The number of anilines is 1.